The van der Waals surface area contributed by atoms with E-state index in [-0.39, 0.29) is 0 Å². The van der Waals surface area contributed by atoms with Gasteiger partial charge in [-0.2, -0.15) is 4.98 Å². The van der Waals surface area contributed by atoms with E-state index in [1.165, 1.54) is 11.1 Å². The van der Waals surface area contributed by atoms with Crippen LogP contribution in [0, 0.1) is 12.8 Å². The molecule has 0 aliphatic rings. The lowest BCUT2D eigenvalue weighted by atomic mass is 10.1. The minimum Gasteiger partial charge on any atom is -0.476 e. The van der Waals surface area contributed by atoms with E-state index in [1.54, 1.807) is 0 Å². The third-order valence-corrected chi connectivity index (χ3v) is 3.04. The number of aromatic nitrogens is 1. The summed E-state index contributed by atoms with van der Waals surface area (Å²) in [6.07, 6.45) is 0. The highest BCUT2D eigenvalue weighted by molar-refractivity contribution is 5.53. The third-order valence-electron chi connectivity index (χ3n) is 3.04. The Morgan fingerprint density at radius 3 is 2.52 bits per heavy atom. The van der Waals surface area contributed by atoms with Crippen molar-refractivity contribution in [3.8, 4) is 5.88 Å². The Balaban J connectivity index is 1.99. The lowest BCUT2D eigenvalue weighted by molar-refractivity contribution is 0.263. The molecule has 1 aromatic carbocycles. The third kappa shape index (κ3) is 4.67. The molecule has 0 aliphatic heterocycles. The topological polar surface area (TPSA) is 60.2 Å². The van der Waals surface area contributed by atoms with Crippen molar-refractivity contribution in [2.24, 2.45) is 5.92 Å². The van der Waals surface area contributed by atoms with Crippen molar-refractivity contribution in [1.82, 2.24) is 4.98 Å². The van der Waals surface area contributed by atoms with Crippen molar-refractivity contribution >= 4 is 11.5 Å². The van der Waals surface area contributed by atoms with E-state index >= 15 is 0 Å². The molecule has 4 nitrogen and oxygen atoms in total. The summed E-state index contributed by atoms with van der Waals surface area (Å²) in [4.78, 5) is 4.42. The van der Waals surface area contributed by atoms with Crippen molar-refractivity contribution in [3.05, 3.63) is 47.5 Å². The maximum atomic E-state index is 5.88. The molecule has 0 saturated carbocycles. The first-order valence-corrected chi connectivity index (χ1v) is 7.23. The average Bonchev–Trinajstić information content (AvgIpc) is 2.46. The van der Waals surface area contributed by atoms with Crippen LogP contribution in [0.5, 0.6) is 5.88 Å². The summed E-state index contributed by atoms with van der Waals surface area (Å²) in [6, 6.07) is 12.1. The summed E-state index contributed by atoms with van der Waals surface area (Å²) >= 11 is 0. The van der Waals surface area contributed by atoms with E-state index < -0.39 is 0 Å². The van der Waals surface area contributed by atoms with Crippen LogP contribution in [-0.4, -0.2) is 11.6 Å². The molecule has 2 aromatic rings. The molecule has 0 fully saturated rings. The van der Waals surface area contributed by atoms with Gasteiger partial charge in [0.1, 0.15) is 5.82 Å². The van der Waals surface area contributed by atoms with Gasteiger partial charge < -0.3 is 15.8 Å². The lowest BCUT2D eigenvalue weighted by Gasteiger charge is -2.12. The second-order valence-corrected chi connectivity index (χ2v) is 5.63. The van der Waals surface area contributed by atoms with Gasteiger partial charge in [-0.05, 0) is 30.5 Å². The molecule has 1 heterocycles. The second kappa shape index (κ2) is 6.97. The van der Waals surface area contributed by atoms with Crippen LogP contribution in [0.25, 0.3) is 0 Å². The van der Waals surface area contributed by atoms with Crippen molar-refractivity contribution in [2.75, 3.05) is 17.7 Å². The maximum Gasteiger partial charge on any atom is 0.239 e. The molecular weight excluding hydrogens is 262 g/mol. The molecule has 0 atom stereocenters. The van der Waals surface area contributed by atoms with E-state index in [0.29, 0.717) is 24.1 Å². The first kappa shape index (κ1) is 15.2. The van der Waals surface area contributed by atoms with Crippen LogP contribution in [0.15, 0.2) is 36.4 Å². The molecule has 0 unspecified atom stereocenters. The van der Waals surface area contributed by atoms with Crippen molar-refractivity contribution in [2.45, 2.75) is 27.3 Å². The fourth-order valence-corrected chi connectivity index (χ4v) is 1.81. The molecule has 0 radical (unpaired) electrons. The van der Waals surface area contributed by atoms with Gasteiger partial charge in [0.15, 0.2) is 0 Å². The van der Waals surface area contributed by atoms with E-state index in [0.717, 1.165) is 12.4 Å². The minimum atomic E-state index is 0.440. The summed E-state index contributed by atoms with van der Waals surface area (Å²) < 4.78 is 5.63. The summed E-state index contributed by atoms with van der Waals surface area (Å²) in [5, 5.41) is 3.29. The summed E-state index contributed by atoms with van der Waals surface area (Å²) in [6.45, 7) is 7.60. The summed E-state index contributed by atoms with van der Waals surface area (Å²) in [5.74, 6) is 1.71. The average molecular weight is 285 g/mol. The van der Waals surface area contributed by atoms with E-state index in [4.69, 9.17) is 10.5 Å². The van der Waals surface area contributed by atoms with Crippen LogP contribution >= 0.6 is 0 Å². The summed E-state index contributed by atoms with van der Waals surface area (Å²) in [5.41, 5.74) is 8.92. The zero-order chi connectivity index (χ0) is 15.2. The fraction of sp³-hybridized carbons (Fsp3) is 0.353. The van der Waals surface area contributed by atoms with Crippen LogP contribution in [0.2, 0.25) is 0 Å². The molecule has 112 valence electrons. The molecule has 0 saturated heterocycles. The van der Waals surface area contributed by atoms with E-state index in [9.17, 15) is 0 Å². The Labute approximate surface area is 126 Å². The van der Waals surface area contributed by atoms with Crippen molar-refractivity contribution in [1.29, 1.82) is 0 Å². The first-order chi connectivity index (χ1) is 10.0. The predicted octanol–water partition coefficient (Wildman–Crippen LogP) is 3.62. The Morgan fingerprint density at radius 1 is 1.14 bits per heavy atom. The number of nitrogen functional groups attached to an aromatic ring is 1. The molecule has 2 rings (SSSR count). The number of ether oxygens (including phenoxy) is 1. The van der Waals surface area contributed by atoms with Crippen molar-refractivity contribution in [3.63, 3.8) is 0 Å². The Morgan fingerprint density at radius 2 is 1.86 bits per heavy atom. The summed E-state index contributed by atoms with van der Waals surface area (Å²) in [7, 11) is 0. The molecular formula is C17H23N3O. The Hall–Kier alpha value is -2.23. The highest BCUT2D eigenvalue weighted by Crippen LogP contribution is 2.21. The largest absolute Gasteiger partial charge is 0.476 e. The van der Waals surface area contributed by atoms with Gasteiger partial charge in [-0.25, -0.2) is 0 Å². The van der Waals surface area contributed by atoms with Crippen molar-refractivity contribution < 1.29 is 4.74 Å². The van der Waals surface area contributed by atoms with Gasteiger partial charge in [0.25, 0.3) is 0 Å². The molecule has 0 bridgehead atoms. The number of nitrogens with zero attached hydrogens (tertiary/aromatic N) is 1. The van der Waals surface area contributed by atoms with Gasteiger partial charge in [0, 0.05) is 6.54 Å². The minimum absolute atomic E-state index is 0.440. The second-order valence-electron chi connectivity index (χ2n) is 5.63. The molecule has 3 N–H and O–H groups in total. The number of rotatable bonds is 6. The van der Waals surface area contributed by atoms with Gasteiger partial charge in [0.05, 0.1) is 12.3 Å². The lowest BCUT2D eigenvalue weighted by Crippen LogP contribution is -2.09. The molecule has 4 heteroatoms. The van der Waals surface area contributed by atoms with Crippen LogP contribution in [0.3, 0.4) is 0 Å². The van der Waals surface area contributed by atoms with Gasteiger partial charge in [-0.1, -0.05) is 43.7 Å². The fourth-order valence-electron chi connectivity index (χ4n) is 1.81. The molecule has 0 spiro atoms. The smallest absolute Gasteiger partial charge is 0.239 e. The quantitative estimate of drug-likeness (QED) is 0.851. The number of aryl methyl sites for hydroxylation is 1. The van der Waals surface area contributed by atoms with Gasteiger partial charge in [-0.3, -0.25) is 0 Å². The maximum absolute atomic E-state index is 5.88. The van der Waals surface area contributed by atoms with Crippen LogP contribution in [0.4, 0.5) is 11.5 Å². The standard InChI is InChI=1S/C17H23N3O/c1-12(2)11-21-17-15(18)8-9-16(20-17)19-10-14-6-4-13(3)5-7-14/h4-9,12H,10-11,18H2,1-3H3,(H,19,20). The number of hydrogen-bond donors (Lipinski definition) is 2. The van der Waals surface area contributed by atoms with Crippen LogP contribution in [-0.2, 0) is 6.54 Å². The normalized spacial score (nSPS) is 10.7. The van der Waals surface area contributed by atoms with Gasteiger partial charge in [0.2, 0.25) is 5.88 Å². The highest BCUT2D eigenvalue weighted by Gasteiger charge is 2.05. The van der Waals surface area contributed by atoms with E-state index in [1.807, 2.05) is 12.1 Å². The van der Waals surface area contributed by atoms with Gasteiger partial charge >= 0.3 is 0 Å². The van der Waals surface area contributed by atoms with Crippen LogP contribution < -0.4 is 15.8 Å². The monoisotopic (exact) mass is 285 g/mol. The molecule has 21 heavy (non-hydrogen) atoms. The molecule has 1 aromatic heterocycles. The Bertz CT molecular complexity index is 579. The SMILES string of the molecule is Cc1ccc(CNc2ccc(N)c(OCC(C)C)n2)cc1. The Kier molecular flexibility index (Phi) is 5.04. The highest BCUT2D eigenvalue weighted by atomic mass is 16.5. The molecule has 0 amide bonds. The zero-order valence-electron chi connectivity index (χ0n) is 12.9. The predicted molar refractivity (Wildman–Crippen MR) is 87.5 cm³/mol. The number of nitrogens with two attached hydrogens (primary N) is 1. The van der Waals surface area contributed by atoms with Crippen LogP contribution in [0.1, 0.15) is 25.0 Å². The zero-order valence-corrected chi connectivity index (χ0v) is 12.9. The number of anilines is 2. The van der Waals surface area contributed by atoms with Gasteiger partial charge in [-0.15, -0.1) is 0 Å². The number of pyridine rings is 1. The number of benzene rings is 1. The molecule has 0 aliphatic carbocycles. The van der Waals surface area contributed by atoms with E-state index in [2.05, 4.69) is 55.3 Å². The first-order valence-electron chi connectivity index (χ1n) is 7.23. The number of hydrogen-bond acceptors (Lipinski definition) is 4. The number of nitrogens with one attached hydrogen (secondary N) is 1.